The molecule has 3 aromatic rings. The topological polar surface area (TPSA) is 72.2 Å². The van der Waals surface area contributed by atoms with Gasteiger partial charge in [-0.05, 0) is 36.8 Å². The zero-order chi connectivity index (χ0) is 23.5. The van der Waals surface area contributed by atoms with Crippen LogP contribution in [-0.4, -0.2) is 38.4 Å². The number of aromatic nitrogens is 3. The number of likely N-dealkylation sites (tertiary alicyclic amines) is 1. The highest BCUT2D eigenvalue weighted by Crippen LogP contribution is 2.33. The van der Waals surface area contributed by atoms with Crippen molar-refractivity contribution >= 4 is 6.03 Å². The quantitative estimate of drug-likeness (QED) is 0.616. The highest BCUT2D eigenvalue weighted by Gasteiger charge is 2.32. The summed E-state index contributed by atoms with van der Waals surface area (Å²) in [6.07, 6.45) is 6.10. The van der Waals surface area contributed by atoms with E-state index >= 15 is 0 Å². The van der Waals surface area contributed by atoms with Crippen LogP contribution in [0.1, 0.15) is 73.5 Å². The van der Waals surface area contributed by atoms with Crippen LogP contribution in [0, 0.1) is 0 Å². The number of aryl methyl sites for hydroxylation is 1. The minimum atomic E-state index is -0.198. The summed E-state index contributed by atoms with van der Waals surface area (Å²) >= 11 is 0. The van der Waals surface area contributed by atoms with Crippen LogP contribution >= 0.6 is 0 Å². The third-order valence-electron chi connectivity index (χ3n) is 7.35. The van der Waals surface area contributed by atoms with Gasteiger partial charge in [-0.15, -0.1) is 0 Å². The van der Waals surface area contributed by atoms with E-state index in [9.17, 15) is 9.59 Å². The lowest BCUT2D eigenvalue weighted by atomic mass is 9.95. The number of nitrogens with one attached hydrogen (secondary N) is 1. The fourth-order valence-electron chi connectivity index (χ4n) is 5.49. The van der Waals surface area contributed by atoms with Gasteiger partial charge in [0, 0.05) is 32.1 Å². The number of carbonyl (C=O) groups is 1. The number of nitrogens with zero attached hydrogens (tertiary/aromatic N) is 4. The van der Waals surface area contributed by atoms with Crippen molar-refractivity contribution in [3.63, 3.8) is 0 Å². The third-order valence-corrected chi connectivity index (χ3v) is 7.35. The maximum absolute atomic E-state index is 13.3. The molecule has 178 valence electrons. The van der Waals surface area contributed by atoms with Gasteiger partial charge >= 0.3 is 11.7 Å². The lowest BCUT2D eigenvalue weighted by Gasteiger charge is -2.33. The van der Waals surface area contributed by atoms with E-state index in [1.807, 2.05) is 70.1 Å². The average molecular weight is 460 g/mol. The molecule has 1 saturated heterocycles. The first-order valence-electron chi connectivity index (χ1n) is 12.4. The molecule has 2 aliphatic rings. The molecule has 2 heterocycles. The van der Waals surface area contributed by atoms with E-state index in [1.165, 1.54) is 17.5 Å². The number of rotatable bonds is 5. The average Bonchev–Trinajstić information content (AvgIpc) is 3.51. The van der Waals surface area contributed by atoms with Gasteiger partial charge in [-0.25, -0.2) is 14.3 Å². The molecule has 5 rings (SSSR count). The largest absolute Gasteiger partial charge is 0.345 e. The minimum absolute atomic E-state index is 0.00404. The molecule has 0 atom stereocenters. The Balaban J connectivity index is 1.28. The molecule has 1 aromatic heterocycles. The molecule has 2 aromatic carbocycles. The Labute approximate surface area is 200 Å². The summed E-state index contributed by atoms with van der Waals surface area (Å²) in [7, 11) is 1.74. The van der Waals surface area contributed by atoms with Gasteiger partial charge in [0.05, 0.1) is 6.04 Å². The van der Waals surface area contributed by atoms with Crippen LogP contribution in [0.2, 0.25) is 0 Å². The van der Waals surface area contributed by atoms with Gasteiger partial charge in [0.15, 0.2) is 0 Å². The van der Waals surface area contributed by atoms with E-state index in [-0.39, 0.29) is 29.7 Å². The second kappa shape index (κ2) is 9.87. The van der Waals surface area contributed by atoms with Crippen molar-refractivity contribution in [2.45, 2.75) is 56.5 Å². The van der Waals surface area contributed by atoms with E-state index in [4.69, 9.17) is 0 Å². The molecule has 0 bridgehead atoms. The van der Waals surface area contributed by atoms with Gasteiger partial charge < -0.3 is 10.2 Å². The van der Waals surface area contributed by atoms with Crippen molar-refractivity contribution < 1.29 is 4.79 Å². The van der Waals surface area contributed by atoms with Crippen LogP contribution in [0.25, 0.3) is 0 Å². The molecule has 34 heavy (non-hydrogen) atoms. The summed E-state index contributed by atoms with van der Waals surface area (Å²) < 4.78 is 3.44. The molecular formula is C27H33N5O2. The summed E-state index contributed by atoms with van der Waals surface area (Å²) in [6.45, 7) is 1.31. The third kappa shape index (κ3) is 4.52. The SMILES string of the molecule is Cn1nc(C2CCN(C(=O)NC(c3ccccc3)c3ccccc3)CC2)n(C2CCCC2)c1=O. The van der Waals surface area contributed by atoms with Gasteiger partial charge in [-0.2, -0.15) is 5.10 Å². The second-order valence-corrected chi connectivity index (χ2v) is 9.54. The number of hydrogen-bond acceptors (Lipinski definition) is 3. The zero-order valence-electron chi connectivity index (χ0n) is 19.8. The fourth-order valence-corrected chi connectivity index (χ4v) is 5.49. The highest BCUT2D eigenvalue weighted by atomic mass is 16.2. The predicted octanol–water partition coefficient (Wildman–Crippen LogP) is 4.38. The summed E-state index contributed by atoms with van der Waals surface area (Å²) in [5.41, 5.74) is 2.12. The monoisotopic (exact) mass is 459 g/mol. The minimum Gasteiger partial charge on any atom is -0.327 e. The Kier molecular flexibility index (Phi) is 6.52. The number of piperidine rings is 1. The lowest BCUT2D eigenvalue weighted by Crippen LogP contribution is -2.45. The molecule has 7 nitrogen and oxygen atoms in total. The van der Waals surface area contributed by atoms with Gasteiger partial charge in [-0.3, -0.25) is 4.57 Å². The Morgan fingerprint density at radius 1 is 0.912 bits per heavy atom. The molecular weight excluding hydrogens is 426 g/mol. The molecule has 0 spiro atoms. The molecule has 1 N–H and O–H groups in total. The van der Waals surface area contributed by atoms with Gasteiger partial charge in [-0.1, -0.05) is 73.5 Å². The van der Waals surface area contributed by atoms with Crippen LogP contribution in [0.4, 0.5) is 4.79 Å². The smallest absolute Gasteiger partial charge is 0.327 e. The Morgan fingerprint density at radius 3 is 2.03 bits per heavy atom. The normalized spacial score (nSPS) is 17.4. The van der Waals surface area contributed by atoms with Gasteiger partial charge in [0.25, 0.3) is 0 Å². The van der Waals surface area contributed by atoms with E-state index in [1.54, 1.807) is 7.05 Å². The lowest BCUT2D eigenvalue weighted by molar-refractivity contribution is 0.177. The van der Waals surface area contributed by atoms with Gasteiger partial charge in [0.1, 0.15) is 5.82 Å². The van der Waals surface area contributed by atoms with Crippen LogP contribution in [0.5, 0.6) is 0 Å². The number of benzene rings is 2. The number of amides is 2. The van der Waals surface area contributed by atoms with E-state index in [0.717, 1.165) is 42.6 Å². The van der Waals surface area contributed by atoms with Crippen molar-refractivity contribution in [1.82, 2.24) is 24.6 Å². The van der Waals surface area contributed by atoms with Crippen LogP contribution in [0.3, 0.4) is 0 Å². The predicted molar refractivity (Wildman–Crippen MR) is 132 cm³/mol. The van der Waals surface area contributed by atoms with Crippen molar-refractivity contribution in [3.8, 4) is 0 Å². The molecule has 2 amide bonds. The second-order valence-electron chi connectivity index (χ2n) is 9.54. The van der Waals surface area contributed by atoms with E-state index < -0.39 is 0 Å². The maximum Gasteiger partial charge on any atom is 0.345 e. The van der Waals surface area contributed by atoms with Crippen LogP contribution in [-0.2, 0) is 7.05 Å². The molecule has 0 unspecified atom stereocenters. The van der Waals surface area contributed by atoms with Crippen LogP contribution < -0.4 is 11.0 Å². The first-order chi connectivity index (χ1) is 16.6. The first-order valence-corrected chi connectivity index (χ1v) is 12.4. The number of hydrogen-bond donors (Lipinski definition) is 1. The Morgan fingerprint density at radius 2 is 1.47 bits per heavy atom. The summed E-state index contributed by atoms with van der Waals surface area (Å²) in [5.74, 6) is 1.11. The maximum atomic E-state index is 13.3. The molecule has 1 saturated carbocycles. The number of urea groups is 1. The molecule has 0 radical (unpaired) electrons. The summed E-state index contributed by atoms with van der Waals surface area (Å²) in [5, 5.41) is 7.88. The van der Waals surface area contributed by atoms with Crippen molar-refractivity contribution in [2.24, 2.45) is 7.05 Å². The fraction of sp³-hybridized carbons (Fsp3) is 0.444. The van der Waals surface area contributed by atoms with Gasteiger partial charge in [0.2, 0.25) is 0 Å². The van der Waals surface area contributed by atoms with Crippen molar-refractivity contribution in [3.05, 3.63) is 88.1 Å². The van der Waals surface area contributed by atoms with E-state index in [2.05, 4.69) is 10.4 Å². The van der Waals surface area contributed by atoms with Crippen molar-refractivity contribution in [1.29, 1.82) is 0 Å². The summed E-state index contributed by atoms with van der Waals surface area (Å²) in [4.78, 5) is 27.9. The summed E-state index contributed by atoms with van der Waals surface area (Å²) in [6, 6.07) is 20.2. The first kappa shape index (κ1) is 22.4. The molecule has 2 fully saturated rings. The standard InChI is InChI=1S/C27H33N5O2/c1-30-27(34)32(23-14-8-9-15-23)25(29-30)22-16-18-31(19-17-22)26(33)28-24(20-10-4-2-5-11-20)21-12-6-3-7-13-21/h2-7,10-13,22-24H,8-9,14-19H2,1H3,(H,28,33). The van der Waals surface area contributed by atoms with Crippen molar-refractivity contribution in [2.75, 3.05) is 13.1 Å². The molecule has 1 aliphatic heterocycles. The molecule has 7 heteroatoms. The zero-order valence-corrected chi connectivity index (χ0v) is 19.8. The Bertz CT molecular complexity index is 1120. The van der Waals surface area contributed by atoms with E-state index in [0.29, 0.717) is 13.1 Å². The Hall–Kier alpha value is -3.35. The number of carbonyl (C=O) groups excluding carboxylic acids is 1. The molecule has 1 aliphatic carbocycles. The highest BCUT2D eigenvalue weighted by molar-refractivity contribution is 5.75. The van der Waals surface area contributed by atoms with Crippen LogP contribution in [0.15, 0.2) is 65.5 Å².